The molecule has 4 nitrogen and oxygen atoms in total. The number of amides is 1. The van der Waals surface area contributed by atoms with Crippen LogP contribution in [0.3, 0.4) is 0 Å². The van der Waals surface area contributed by atoms with Gasteiger partial charge in [0.2, 0.25) is 6.43 Å². The molecule has 1 rings (SSSR count). The lowest BCUT2D eigenvalue weighted by Gasteiger charge is -2.47. The van der Waals surface area contributed by atoms with Gasteiger partial charge in [-0.25, -0.2) is 13.6 Å². The number of carbonyl (C=O) groups is 1. The van der Waals surface area contributed by atoms with Crippen LogP contribution in [0, 0.1) is 5.92 Å². The summed E-state index contributed by atoms with van der Waals surface area (Å²) < 4.78 is 31.0. The number of nitrogens with one attached hydrogen (secondary N) is 1. The van der Waals surface area contributed by atoms with Crippen molar-refractivity contribution in [2.24, 2.45) is 11.7 Å². The van der Waals surface area contributed by atoms with Crippen LogP contribution in [-0.2, 0) is 4.74 Å². The Morgan fingerprint density at radius 2 is 2.00 bits per heavy atom. The Labute approximate surface area is 106 Å². The van der Waals surface area contributed by atoms with Gasteiger partial charge >= 0.3 is 6.09 Å². The predicted molar refractivity (Wildman–Crippen MR) is 64.5 cm³/mol. The minimum Gasteiger partial charge on any atom is -0.444 e. The van der Waals surface area contributed by atoms with E-state index in [2.05, 4.69) is 5.32 Å². The van der Waals surface area contributed by atoms with E-state index in [9.17, 15) is 13.6 Å². The molecule has 1 saturated carbocycles. The number of carbonyl (C=O) groups excluding carboxylic acids is 1. The summed E-state index contributed by atoms with van der Waals surface area (Å²) in [4.78, 5) is 11.7. The van der Waals surface area contributed by atoms with Crippen molar-refractivity contribution in [2.45, 2.75) is 57.6 Å². The number of nitrogens with two attached hydrogens (primary N) is 1. The van der Waals surface area contributed by atoms with Gasteiger partial charge in [0.15, 0.2) is 0 Å². The van der Waals surface area contributed by atoms with Gasteiger partial charge in [-0.2, -0.15) is 0 Å². The fourth-order valence-corrected chi connectivity index (χ4v) is 2.22. The number of ether oxygens (including phenoxy) is 1. The van der Waals surface area contributed by atoms with Crippen molar-refractivity contribution in [3.63, 3.8) is 0 Å². The summed E-state index contributed by atoms with van der Waals surface area (Å²) in [5.74, 6) is -1.02. The van der Waals surface area contributed by atoms with E-state index in [4.69, 9.17) is 10.5 Å². The highest BCUT2D eigenvalue weighted by Crippen LogP contribution is 2.41. The molecule has 1 atom stereocenters. The van der Waals surface area contributed by atoms with Gasteiger partial charge in [-0.15, -0.1) is 0 Å². The standard InChI is InChI=1S/C12H22F2N2O2/c1-11(2,3)18-10(17)16-12(5-4-6-12)8(7-15)9(13)14/h8-9H,4-7,15H2,1-3H3,(H,16,17). The number of hydrogen-bond donors (Lipinski definition) is 2. The number of rotatable bonds is 4. The van der Waals surface area contributed by atoms with Crippen molar-refractivity contribution in [1.82, 2.24) is 5.32 Å². The summed E-state index contributed by atoms with van der Waals surface area (Å²) in [5, 5.41) is 2.60. The quantitative estimate of drug-likeness (QED) is 0.818. The summed E-state index contributed by atoms with van der Waals surface area (Å²) in [6, 6.07) is 0. The summed E-state index contributed by atoms with van der Waals surface area (Å²) in [7, 11) is 0. The van der Waals surface area contributed by atoms with E-state index in [1.54, 1.807) is 20.8 Å². The smallest absolute Gasteiger partial charge is 0.408 e. The van der Waals surface area contributed by atoms with Crippen LogP contribution in [0.15, 0.2) is 0 Å². The highest BCUT2D eigenvalue weighted by atomic mass is 19.3. The Balaban J connectivity index is 2.68. The van der Waals surface area contributed by atoms with Gasteiger partial charge in [0.05, 0.1) is 11.5 Å². The van der Waals surface area contributed by atoms with Crippen molar-refractivity contribution in [1.29, 1.82) is 0 Å². The van der Waals surface area contributed by atoms with Gasteiger partial charge < -0.3 is 15.8 Å². The van der Waals surface area contributed by atoms with Crippen molar-refractivity contribution in [3.8, 4) is 0 Å². The highest BCUT2D eigenvalue weighted by Gasteiger charge is 2.49. The van der Waals surface area contributed by atoms with Crippen molar-refractivity contribution < 1.29 is 18.3 Å². The van der Waals surface area contributed by atoms with Gasteiger partial charge in [0.25, 0.3) is 0 Å². The van der Waals surface area contributed by atoms with Gasteiger partial charge in [0, 0.05) is 6.54 Å². The zero-order valence-electron chi connectivity index (χ0n) is 11.1. The fourth-order valence-electron chi connectivity index (χ4n) is 2.22. The molecule has 1 amide bonds. The molecule has 0 aromatic heterocycles. The highest BCUT2D eigenvalue weighted by molar-refractivity contribution is 5.69. The van der Waals surface area contributed by atoms with Crippen LogP contribution in [0.1, 0.15) is 40.0 Å². The molecule has 6 heteroatoms. The van der Waals surface area contributed by atoms with Crippen molar-refractivity contribution in [3.05, 3.63) is 0 Å². The van der Waals surface area contributed by atoms with Crippen LogP contribution >= 0.6 is 0 Å². The minimum atomic E-state index is -2.54. The molecular formula is C12H22F2N2O2. The topological polar surface area (TPSA) is 64.3 Å². The van der Waals surface area contributed by atoms with Crippen molar-refractivity contribution in [2.75, 3.05) is 6.54 Å². The summed E-state index contributed by atoms with van der Waals surface area (Å²) >= 11 is 0. The van der Waals surface area contributed by atoms with Crippen molar-refractivity contribution >= 4 is 6.09 Å². The predicted octanol–water partition coefficient (Wildman–Crippen LogP) is 2.27. The fraction of sp³-hybridized carbons (Fsp3) is 0.917. The summed E-state index contributed by atoms with van der Waals surface area (Å²) in [6.45, 7) is 5.04. The van der Waals surface area contributed by atoms with Gasteiger partial charge in [0.1, 0.15) is 5.60 Å². The van der Waals surface area contributed by atoms with Crippen LogP contribution < -0.4 is 11.1 Å². The Morgan fingerprint density at radius 3 is 2.28 bits per heavy atom. The molecule has 0 radical (unpaired) electrons. The third-order valence-electron chi connectivity index (χ3n) is 3.26. The van der Waals surface area contributed by atoms with Crippen LogP contribution in [0.4, 0.5) is 13.6 Å². The van der Waals surface area contributed by atoms with E-state index in [1.807, 2.05) is 0 Å². The zero-order valence-corrected chi connectivity index (χ0v) is 11.1. The molecule has 0 saturated heterocycles. The molecule has 0 aliphatic heterocycles. The summed E-state index contributed by atoms with van der Waals surface area (Å²) in [5.41, 5.74) is 3.86. The molecule has 1 aliphatic rings. The zero-order chi connectivity index (χ0) is 14.0. The van der Waals surface area contributed by atoms with Gasteiger partial charge in [-0.05, 0) is 40.0 Å². The van der Waals surface area contributed by atoms with Gasteiger partial charge in [-0.3, -0.25) is 0 Å². The second kappa shape index (κ2) is 5.38. The Hall–Kier alpha value is -0.910. The monoisotopic (exact) mass is 264 g/mol. The van der Waals surface area contributed by atoms with E-state index in [0.717, 1.165) is 6.42 Å². The minimum absolute atomic E-state index is 0.145. The average molecular weight is 264 g/mol. The molecular weight excluding hydrogens is 242 g/mol. The lowest BCUT2D eigenvalue weighted by atomic mass is 9.68. The van der Waals surface area contributed by atoms with E-state index in [0.29, 0.717) is 12.8 Å². The molecule has 0 spiro atoms. The third-order valence-corrected chi connectivity index (χ3v) is 3.26. The second-order valence-electron chi connectivity index (χ2n) is 5.81. The first-order valence-electron chi connectivity index (χ1n) is 6.19. The molecule has 0 aromatic rings. The number of hydrogen-bond acceptors (Lipinski definition) is 3. The van der Waals surface area contributed by atoms with E-state index in [-0.39, 0.29) is 6.54 Å². The SMILES string of the molecule is CC(C)(C)OC(=O)NC1(C(CN)C(F)F)CCC1. The molecule has 106 valence electrons. The molecule has 18 heavy (non-hydrogen) atoms. The van der Waals surface area contributed by atoms with Crippen LogP contribution in [-0.4, -0.2) is 30.2 Å². The second-order valence-corrected chi connectivity index (χ2v) is 5.81. The molecule has 1 aliphatic carbocycles. The van der Waals surface area contributed by atoms with Gasteiger partial charge in [-0.1, -0.05) is 0 Å². The maximum absolute atomic E-state index is 12.9. The first-order valence-corrected chi connectivity index (χ1v) is 6.19. The number of alkyl carbamates (subject to hydrolysis) is 1. The van der Waals surface area contributed by atoms with Crippen LogP contribution in [0.2, 0.25) is 0 Å². The molecule has 0 aromatic carbocycles. The Morgan fingerprint density at radius 1 is 1.44 bits per heavy atom. The Bertz CT molecular complexity index is 299. The van der Waals surface area contributed by atoms with E-state index in [1.165, 1.54) is 0 Å². The number of alkyl halides is 2. The van der Waals surface area contributed by atoms with E-state index < -0.39 is 29.6 Å². The number of halogens is 2. The molecule has 3 N–H and O–H groups in total. The normalized spacial score (nSPS) is 20.2. The third kappa shape index (κ3) is 3.54. The van der Waals surface area contributed by atoms with Crippen LogP contribution in [0.25, 0.3) is 0 Å². The lowest BCUT2D eigenvalue weighted by molar-refractivity contribution is -0.0220. The first kappa shape index (κ1) is 15.1. The Kier molecular flexibility index (Phi) is 4.53. The largest absolute Gasteiger partial charge is 0.444 e. The first-order chi connectivity index (χ1) is 8.20. The van der Waals surface area contributed by atoms with Crippen LogP contribution in [0.5, 0.6) is 0 Å². The lowest BCUT2D eigenvalue weighted by Crippen LogP contribution is -2.62. The molecule has 0 bridgehead atoms. The average Bonchev–Trinajstić information content (AvgIpc) is 2.10. The maximum Gasteiger partial charge on any atom is 0.408 e. The summed E-state index contributed by atoms with van der Waals surface area (Å²) in [6.07, 6.45) is -1.32. The maximum atomic E-state index is 12.9. The van der Waals surface area contributed by atoms with E-state index >= 15 is 0 Å². The molecule has 1 fully saturated rings. The molecule has 0 heterocycles. The molecule has 1 unspecified atom stereocenters.